The van der Waals surface area contributed by atoms with E-state index in [0.717, 1.165) is 16.1 Å². The Morgan fingerprint density at radius 2 is 1.74 bits per heavy atom. The van der Waals surface area contributed by atoms with Crippen molar-refractivity contribution >= 4 is 27.4 Å². The van der Waals surface area contributed by atoms with E-state index < -0.39 is 15.9 Å². The van der Waals surface area contributed by atoms with Crippen molar-refractivity contribution in [1.29, 1.82) is 0 Å². The van der Waals surface area contributed by atoms with Crippen molar-refractivity contribution in [1.82, 2.24) is 5.32 Å². The highest BCUT2D eigenvalue weighted by Crippen LogP contribution is 2.24. The lowest BCUT2D eigenvalue weighted by atomic mass is 9.97. The number of hydrogen-bond donors (Lipinski definition) is 1. The van der Waals surface area contributed by atoms with E-state index in [-0.39, 0.29) is 24.1 Å². The van der Waals surface area contributed by atoms with Crippen molar-refractivity contribution in [3.05, 3.63) is 59.7 Å². The molecule has 2 aromatic carbocycles. The molecule has 31 heavy (non-hydrogen) atoms. The Labute approximate surface area is 184 Å². The molecule has 0 radical (unpaired) electrons. The van der Waals surface area contributed by atoms with Gasteiger partial charge in [-0.2, -0.15) is 0 Å². The van der Waals surface area contributed by atoms with Crippen LogP contribution in [0.2, 0.25) is 0 Å². The molecular weight excluding hydrogens is 416 g/mol. The van der Waals surface area contributed by atoms with E-state index >= 15 is 0 Å². The number of methoxy groups -OCH3 is 1. The van der Waals surface area contributed by atoms with Crippen molar-refractivity contribution in [2.75, 3.05) is 24.2 Å². The lowest BCUT2D eigenvalue weighted by molar-refractivity contribution is -0.120. The van der Waals surface area contributed by atoms with Crippen LogP contribution in [-0.4, -0.2) is 40.0 Å². The van der Waals surface area contributed by atoms with E-state index in [1.165, 1.54) is 13.0 Å². The highest BCUT2D eigenvalue weighted by Gasteiger charge is 2.24. The maximum absolute atomic E-state index is 12.9. The molecule has 0 spiro atoms. The predicted octanol–water partition coefficient (Wildman–Crippen LogP) is 3.57. The molecule has 0 aliphatic rings. The molecule has 0 heterocycles. The fourth-order valence-corrected chi connectivity index (χ4v) is 4.08. The zero-order valence-corrected chi connectivity index (χ0v) is 19.4. The number of sulfonamides is 1. The average Bonchev–Trinajstić information content (AvgIpc) is 2.70. The Morgan fingerprint density at radius 3 is 2.26 bits per heavy atom. The smallest absolute Gasteiger partial charge is 0.241 e. The summed E-state index contributed by atoms with van der Waals surface area (Å²) in [6, 6.07) is 13.4. The normalized spacial score (nSPS) is 12.3. The Morgan fingerprint density at radius 1 is 1.10 bits per heavy atom. The van der Waals surface area contributed by atoms with Gasteiger partial charge in [0, 0.05) is 5.56 Å². The minimum absolute atomic E-state index is 0.184. The van der Waals surface area contributed by atoms with E-state index in [9.17, 15) is 18.0 Å². The predicted molar refractivity (Wildman–Crippen MR) is 122 cm³/mol. The number of nitrogens with zero attached hydrogens (tertiary/aromatic N) is 1. The molecule has 0 fully saturated rings. The molecule has 168 valence electrons. The first-order valence-electron chi connectivity index (χ1n) is 10.0. The Balaban J connectivity index is 2.26. The summed E-state index contributed by atoms with van der Waals surface area (Å²) < 4.78 is 31.0. The summed E-state index contributed by atoms with van der Waals surface area (Å²) in [5.41, 5.74) is 1.56. The molecule has 0 saturated carbocycles. The number of carbonyl (C=O) groups excluding carboxylic acids is 2. The van der Waals surface area contributed by atoms with Crippen molar-refractivity contribution < 1.29 is 22.7 Å². The molecular formula is C23H30N2O5S. The van der Waals surface area contributed by atoms with Gasteiger partial charge in [-0.1, -0.05) is 38.1 Å². The maximum Gasteiger partial charge on any atom is 0.241 e. The lowest BCUT2D eigenvalue weighted by Gasteiger charge is -2.25. The molecule has 2 aromatic rings. The molecule has 0 aromatic heterocycles. The zero-order valence-electron chi connectivity index (χ0n) is 18.6. The number of nitrogens with one attached hydrogen (secondary N) is 1. The van der Waals surface area contributed by atoms with Gasteiger partial charge in [0.1, 0.15) is 12.3 Å². The third kappa shape index (κ3) is 7.10. The van der Waals surface area contributed by atoms with Gasteiger partial charge in [0.2, 0.25) is 15.9 Å². The molecule has 0 aliphatic heterocycles. The molecule has 0 unspecified atom stereocenters. The summed E-state index contributed by atoms with van der Waals surface area (Å²) >= 11 is 0. The molecule has 0 saturated heterocycles. The van der Waals surface area contributed by atoms with Crippen LogP contribution in [0.15, 0.2) is 48.5 Å². The topological polar surface area (TPSA) is 92.8 Å². The highest BCUT2D eigenvalue weighted by atomic mass is 32.2. The summed E-state index contributed by atoms with van der Waals surface area (Å²) in [6.45, 7) is 5.13. The maximum atomic E-state index is 12.9. The number of hydrogen-bond acceptors (Lipinski definition) is 5. The van der Waals surface area contributed by atoms with Gasteiger partial charge in [-0.05, 0) is 49.1 Å². The molecule has 0 bridgehead atoms. The van der Waals surface area contributed by atoms with Crippen LogP contribution >= 0.6 is 0 Å². The second kappa shape index (κ2) is 10.4. The number of carbonyl (C=O) groups is 2. The Hall–Kier alpha value is -2.87. The second-order valence-electron chi connectivity index (χ2n) is 7.90. The van der Waals surface area contributed by atoms with Crippen LogP contribution in [0.1, 0.15) is 49.2 Å². The average molecular weight is 447 g/mol. The van der Waals surface area contributed by atoms with Crippen molar-refractivity contribution in [3.63, 3.8) is 0 Å². The number of amides is 1. The third-order valence-electron chi connectivity index (χ3n) is 4.79. The van der Waals surface area contributed by atoms with Gasteiger partial charge in [0.25, 0.3) is 0 Å². The van der Waals surface area contributed by atoms with E-state index in [1.54, 1.807) is 25.3 Å². The molecule has 1 atom stereocenters. The molecule has 1 amide bonds. The van der Waals surface area contributed by atoms with E-state index in [1.807, 2.05) is 24.3 Å². The van der Waals surface area contributed by atoms with E-state index in [4.69, 9.17) is 4.74 Å². The summed E-state index contributed by atoms with van der Waals surface area (Å²) in [4.78, 5) is 24.6. The summed E-state index contributed by atoms with van der Waals surface area (Å²) in [7, 11) is -2.16. The van der Waals surface area contributed by atoms with E-state index in [2.05, 4.69) is 19.2 Å². The lowest BCUT2D eigenvalue weighted by Crippen LogP contribution is -2.41. The largest absolute Gasteiger partial charge is 0.497 e. The van der Waals surface area contributed by atoms with Crippen molar-refractivity contribution in [3.8, 4) is 5.75 Å². The first-order chi connectivity index (χ1) is 14.5. The van der Waals surface area contributed by atoms with Crippen LogP contribution in [0.5, 0.6) is 5.75 Å². The first kappa shape index (κ1) is 24.4. The first-order valence-corrected chi connectivity index (χ1v) is 11.9. The third-order valence-corrected chi connectivity index (χ3v) is 5.93. The van der Waals surface area contributed by atoms with Crippen LogP contribution in [-0.2, 0) is 14.8 Å². The Kier molecular flexibility index (Phi) is 8.21. The number of benzene rings is 2. The van der Waals surface area contributed by atoms with Gasteiger partial charge in [0.05, 0.1) is 25.1 Å². The highest BCUT2D eigenvalue weighted by molar-refractivity contribution is 7.92. The van der Waals surface area contributed by atoms with Gasteiger partial charge in [-0.3, -0.25) is 13.9 Å². The fraction of sp³-hybridized carbons (Fsp3) is 0.391. The number of ether oxygens (including phenoxy) is 1. The van der Waals surface area contributed by atoms with Crippen LogP contribution in [0.25, 0.3) is 0 Å². The van der Waals surface area contributed by atoms with Crippen LogP contribution in [0.3, 0.4) is 0 Å². The van der Waals surface area contributed by atoms with Gasteiger partial charge < -0.3 is 10.1 Å². The van der Waals surface area contributed by atoms with Gasteiger partial charge in [0.15, 0.2) is 5.78 Å². The molecule has 1 N–H and O–H groups in total. The van der Waals surface area contributed by atoms with Crippen LogP contribution < -0.4 is 14.4 Å². The number of ketones is 1. The monoisotopic (exact) mass is 446 g/mol. The van der Waals surface area contributed by atoms with E-state index in [0.29, 0.717) is 23.7 Å². The van der Waals surface area contributed by atoms with Gasteiger partial charge in [-0.15, -0.1) is 0 Å². The number of Topliss-reactive ketones (excluding diaryl/α,β-unsaturated/α-hetero) is 1. The molecule has 7 nitrogen and oxygen atoms in total. The SMILES string of the molecule is COc1ccc([C@H](CC(C)C)NC(=O)CN(c2cccc(C(C)=O)c2)S(C)(=O)=O)cc1. The number of rotatable bonds is 10. The summed E-state index contributed by atoms with van der Waals surface area (Å²) in [5.74, 6) is 0.411. The zero-order chi connectivity index (χ0) is 23.2. The fourth-order valence-electron chi connectivity index (χ4n) is 3.24. The minimum Gasteiger partial charge on any atom is -0.497 e. The van der Waals surface area contributed by atoms with Crippen molar-refractivity contribution in [2.45, 2.75) is 33.2 Å². The molecule has 8 heteroatoms. The van der Waals surface area contributed by atoms with Gasteiger partial charge in [-0.25, -0.2) is 8.42 Å². The second-order valence-corrected chi connectivity index (χ2v) is 9.81. The Bertz CT molecular complexity index is 1020. The summed E-state index contributed by atoms with van der Waals surface area (Å²) in [5, 5.41) is 2.96. The minimum atomic E-state index is -3.74. The standard InChI is InChI=1S/C23H30N2O5S/c1-16(2)13-22(18-9-11-21(30-4)12-10-18)24-23(27)15-25(31(5,28)29)20-8-6-7-19(14-20)17(3)26/h6-12,14,16,22H,13,15H2,1-5H3,(H,24,27)/t22-/m0/s1. The van der Waals surface area contributed by atoms with Crippen LogP contribution in [0, 0.1) is 5.92 Å². The molecule has 2 rings (SSSR count). The van der Waals surface area contributed by atoms with Crippen molar-refractivity contribution in [2.24, 2.45) is 5.92 Å². The molecule has 0 aliphatic carbocycles. The quantitative estimate of drug-likeness (QED) is 0.563. The van der Waals surface area contributed by atoms with Crippen LogP contribution in [0.4, 0.5) is 5.69 Å². The number of anilines is 1. The summed E-state index contributed by atoms with van der Waals surface area (Å²) in [6.07, 6.45) is 1.73. The van der Waals surface area contributed by atoms with Gasteiger partial charge >= 0.3 is 0 Å².